The molecular weight excluding hydrogens is 328 g/mol. The van der Waals surface area contributed by atoms with Crippen LogP contribution in [0, 0.1) is 6.92 Å². The lowest BCUT2D eigenvalue weighted by molar-refractivity contribution is -0.118. The molecule has 2 aromatic rings. The zero-order valence-electron chi connectivity index (χ0n) is 15.8. The number of hydrogen-bond acceptors (Lipinski definition) is 4. The lowest BCUT2D eigenvalue weighted by atomic mass is 10.2. The second-order valence-corrected chi connectivity index (χ2v) is 6.22. The Morgan fingerprint density at radius 3 is 2.54 bits per heavy atom. The molecule has 1 amide bonds. The fourth-order valence-electron chi connectivity index (χ4n) is 2.45. The van der Waals surface area contributed by atoms with Gasteiger partial charge in [-0.15, -0.1) is 0 Å². The van der Waals surface area contributed by atoms with Gasteiger partial charge < -0.3 is 20.1 Å². The van der Waals surface area contributed by atoms with E-state index < -0.39 is 0 Å². The minimum Gasteiger partial charge on any atom is -0.493 e. The summed E-state index contributed by atoms with van der Waals surface area (Å²) in [5.74, 6) is 0.980. The van der Waals surface area contributed by atoms with E-state index in [2.05, 4.69) is 17.6 Å². The number of methoxy groups -OCH3 is 1. The second-order valence-electron chi connectivity index (χ2n) is 6.22. The zero-order valence-corrected chi connectivity index (χ0v) is 15.8. The third kappa shape index (κ3) is 6.41. The van der Waals surface area contributed by atoms with Gasteiger partial charge in [-0.25, -0.2) is 0 Å². The summed E-state index contributed by atoms with van der Waals surface area (Å²) in [5, 5.41) is 6.21. The summed E-state index contributed by atoms with van der Waals surface area (Å²) >= 11 is 0. The lowest BCUT2D eigenvalue weighted by Crippen LogP contribution is -2.20. The van der Waals surface area contributed by atoms with Gasteiger partial charge in [-0.1, -0.05) is 37.1 Å². The first kappa shape index (κ1) is 19.8. The van der Waals surface area contributed by atoms with E-state index in [1.165, 1.54) is 6.42 Å². The Kier molecular flexibility index (Phi) is 7.96. The first-order valence-electron chi connectivity index (χ1n) is 8.99. The van der Waals surface area contributed by atoms with Gasteiger partial charge in [0.05, 0.1) is 7.11 Å². The van der Waals surface area contributed by atoms with Gasteiger partial charge >= 0.3 is 0 Å². The van der Waals surface area contributed by atoms with Crippen molar-refractivity contribution in [3.05, 3.63) is 53.6 Å². The number of nitrogens with one attached hydrogen (secondary N) is 2. The Bertz CT molecular complexity index is 699. The van der Waals surface area contributed by atoms with Crippen molar-refractivity contribution in [2.24, 2.45) is 0 Å². The van der Waals surface area contributed by atoms with Crippen LogP contribution in [0.1, 0.15) is 30.9 Å². The molecule has 0 unspecified atom stereocenters. The number of rotatable bonds is 10. The first-order valence-corrected chi connectivity index (χ1v) is 8.99. The molecule has 2 rings (SSSR count). The average Bonchev–Trinajstić information content (AvgIpc) is 2.65. The lowest BCUT2D eigenvalue weighted by Gasteiger charge is -2.13. The molecule has 0 fully saturated rings. The van der Waals surface area contributed by atoms with Gasteiger partial charge in [0.2, 0.25) is 0 Å². The van der Waals surface area contributed by atoms with Gasteiger partial charge in [0.25, 0.3) is 5.91 Å². The summed E-state index contributed by atoms with van der Waals surface area (Å²) in [4.78, 5) is 12.1. The molecule has 0 saturated carbocycles. The highest BCUT2D eigenvalue weighted by atomic mass is 16.5. The summed E-state index contributed by atoms with van der Waals surface area (Å²) in [7, 11) is 1.60. The molecule has 0 bridgehead atoms. The van der Waals surface area contributed by atoms with E-state index in [0.717, 1.165) is 36.3 Å². The molecule has 0 aliphatic heterocycles. The number of hydrogen-bond donors (Lipinski definition) is 2. The average molecular weight is 356 g/mol. The van der Waals surface area contributed by atoms with Crippen LogP contribution in [-0.4, -0.2) is 26.2 Å². The molecule has 0 aliphatic rings. The van der Waals surface area contributed by atoms with E-state index in [4.69, 9.17) is 9.47 Å². The molecule has 5 nitrogen and oxygen atoms in total. The van der Waals surface area contributed by atoms with Crippen LogP contribution in [-0.2, 0) is 11.3 Å². The van der Waals surface area contributed by atoms with E-state index in [0.29, 0.717) is 11.5 Å². The zero-order chi connectivity index (χ0) is 18.8. The fourth-order valence-corrected chi connectivity index (χ4v) is 2.45. The first-order chi connectivity index (χ1) is 12.6. The Morgan fingerprint density at radius 2 is 1.85 bits per heavy atom. The van der Waals surface area contributed by atoms with Crippen LogP contribution in [0.25, 0.3) is 0 Å². The quantitative estimate of drug-likeness (QED) is 0.634. The van der Waals surface area contributed by atoms with Crippen molar-refractivity contribution in [2.75, 3.05) is 25.6 Å². The number of aryl methyl sites for hydroxylation is 1. The topological polar surface area (TPSA) is 59.6 Å². The van der Waals surface area contributed by atoms with E-state index in [9.17, 15) is 4.79 Å². The molecule has 0 atom stereocenters. The van der Waals surface area contributed by atoms with Crippen molar-refractivity contribution in [1.82, 2.24) is 5.32 Å². The molecule has 26 heavy (non-hydrogen) atoms. The second kappa shape index (κ2) is 10.5. The van der Waals surface area contributed by atoms with E-state index in [-0.39, 0.29) is 12.5 Å². The van der Waals surface area contributed by atoms with E-state index >= 15 is 0 Å². The highest BCUT2D eigenvalue weighted by Crippen LogP contribution is 2.28. The Hall–Kier alpha value is -2.53. The number of anilines is 1. The molecule has 2 N–H and O–H groups in total. The molecule has 5 heteroatoms. The SMILES string of the molecule is CCCCNCc1ccc(OCC(=O)Nc2ccc(C)cc2)c(OC)c1. The molecule has 0 aliphatic carbocycles. The van der Waals surface area contributed by atoms with Crippen LogP contribution in [0.5, 0.6) is 11.5 Å². The summed E-state index contributed by atoms with van der Waals surface area (Å²) in [6.45, 7) is 5.88. The van der Waals surface area contributed by atoms with Crippen molar-refractivity contribution in [3.8, 4) is 11.5 Å². The molecule has 0 spiro atoms. The van der Waals surface area contributed by atoms with Crippen molar-refractivity contribution < 1.29 is 14.3 Å². The van der Waals surface area contributed by atoms with Crippen molar-refractivity contribution in [2.45, 2.75) is 33.2 Å². The number of benzene rings is 2. The summed E-state index contributed by atoms with van der Waals surface area (Å²) in [6, 6.07) is 13.4. The van der Waals surface area contributed by atoms with Crippen LogP contribution in [0.2, 0.25) is 0 Å². The van der Waals surface area contributed by atoms with Crippen LogP contribution in [0.4, 0.5) is 5.69 Å². The molecular formula is C21H28N2O3. The van der Waals surface area contributed by atoms with E-state index in [1.54, 1.807) is 7.11 Å². The van der Waals surface area contributed by atoms with Crippen molar-refractivity contribution in [1.29, 1.82) is 0 Å². The predicted octanol–water partition coefficient (Wildman–Crippen LogP) is 3.91. The maximum Gasteiger partial charge on any atom is 0.262 e. The highest BCUT2D eigenvalue weighted by Gasteiger charge is 2.09. The van der Waals surface area contributed by atoms with Gasteiger partial charge in [0, 0.05) is 12.2 Å². The van der Waals surface area contributed by atoms with Gasteiger partial charge in [-0.05, 0) is 49.7 Å². The van der Waals surface area contributed by atoms with Crippen molar-refractivity contribution >= 4 is 11.6 Å². The minimum absolute atomic E-state index is 0.0711. The van der Waals surface area contributed by atoms with Gasteiger partial charge in [0.15, 0.2) is 18.1 Å². The van der Waals surface area contributed by atoms with Crippen molar-refractivity contribution in [3.63, 3.8) is 0 Å². The Balaban J connectivity index is 1.87. The minimum atomic E-state index is -0.207. The summed E-state index contributed by atoms with van der Waals surface area (Å²) in [5.41, 5.74) is 3.02. The van der Waals surface area contributed by atoms with Crippen LogP contribution >= 0.6 is 0 Å². The van der Waals surface area contributed by atoms with Crippen LogP contribution in [0.15, 0.2) is 42.5 Å². The normalized spacial score (nSPS) is 10.4. The number of carbonyl (C=O) groups is 1. The fraction of sp³-hybridized carbons (Fsp3) is 0.381. The largest absolute Gasteiger partial charge is 0.493 e. The maximum atomic E-state index is 12.1. The third-order valence-corrected chi connectivity index (χ3v) is 3.96. The molecule has 0 heterocycles. The van der Waals surface area contributed by atoms with Gasteiger partial charge in [0.1, 0.15) is 0 Å². The Labute approximate surface area is 155 Å². The summed E-state index contributed by atoms with van der Waals surface area (Å²) < 4.78 is 11.0. The molecule has 140 valence electrons. The predicted molar refractivity (Wildman–Crippen MR) is 105 cm³/mol. The Morgan fingerprint density at radius 1 is 1.08 bits per heavy atom. The number of unbranched alkanes of at least 4 members (excludes halogenated alkanes) is 1. The molecule has 2 aromatic carbocycles. The maximum absolute atomic E-state index is 12.1. The smallest absolute Gasteiger partial charge is 0.262 e. The van der Waals surface area contributed by atoms with E-state index in [1.807, 2.05) is 49.4 Å². The molecule has 0 radical (unpaired) electrons. The number of ether oxygens (including phenoxy) is 2. The molecule has 0 saturated heterocycles. The van der Waals surface area contributed by atoms with Crippen LogP contribution < -0.4 is 20.1 Å². The number of amides is 1. The third-order valence-electron chi connectivity index (χ3n) is 3.96. The van der Waals surface area contributed by atoms with Gasteiger partial charge in [-0.2, -0.15) is 0 Å². The monoisotopic (exact) mass is 356 g/mol. The van der Waals surface area contributed by atoms with Gasteiger partial charge in [-0.3, -0.25) is 4.79 Å². The standard InChI is InChI=1S/C21H28N2O3/c1-4-5-12-22-14-17-8-11-19(20(13-17)25-3)26-15-21(24)23-18-9-6-16(2)7-10-18/h6-11,13,22H,4-5,12,14-15H2,1-3H3,(H,23,24). The molecule has 0 aromatic heterocycles. The highest BCUT2D eigenvalue weighted by molar-refractivity contribution is 5.91. The summed E-state index contributed by atoms with van der Waals surface area (Å²) in [6.07, 6.45) is 2.34. The number of carbonyl (C=O) groups excluding carboxylic acids is 1. The van der Waals surface area contributed by atoms with Crippen LogP contribution in [0.3, 0.4) is 0 Å².